The van der Waals surface area contributed by atoms with Gasteiger partial charge < -0.3 is 9.13 Å². The van der Waals surface area contributed by atoms with Crippen molar-refractivity contribution in [3.8, 4) is 11.4 Å². The minimum Gasteiger partial charge on any atom is -0.309 e. The third-order valence-electron chi connectivity index (χ3n) is 11.5. The number of hydrogen-bond acceptors (Lipinski definition) is 2. The Bertz CT molecular complexity index is 3680. The van der Waals surface area contributed by atoms with Gasteiger partial charge in [-0.2, -0.15) is 0 Å². The van der Waals surface area contributed by atoms with E-state index in [0.717, 1.165) is 44.5 Å². The van der Waals surface area contributed by atoms with Gasteiger partial charge in [0, 0.05) is 59.9 Å². The van der Waals surface area contributed by atoms with E-state index in [-0.39, 0.29) is 0 Å². The van der Waals surface area contributed by atoms with Gasteiger partial charge in [0.15, 0.2) is 5.65 Å². The molecule has 0 aliphatic carbocycles. The molecular formula is C48H27N5. The molecule has 0 unspecified atom stereocenters. The summed E-state index contributed by atoms with van der Waals surface area (Å²) in [4.78, 5) is 10.3. The van der Waals surface area contributed by atoms with E-state index in [1.807, 2.05) is 24.3 Å². The molecule has 0 atom stereocenters. The first-order valence-electron chi connectivity index (χ1n) is 18.1. The molecule has 0 N–H and O–H groups in total. The number of fused-ring (bicyclic) bond motifs is 17. The zero-order chi connectivity index (χ0) is 34.4. The first-order chi connectivity index (χ1) is 26.3. The van der Waals surface area contributed by atoms with Crippen molar-refractivity contribution in [1.82, 2.24) is 23.5 Å². The van der Waals surface area contributed by atoms with E-state index in [1.165, 1.54) is 70.7 Å². The Labute approximate surface area is 301 Å². The highest BCUT2D eigenvalue weighted by Gasteiger charge is 2.25. The summed E-state index contributed by atoms with van der Waals surface area (Å²) in [7, 11) is 0. The third-order valence-corrected chi connectivity index (χ3v) is 11.5. The molecule has 5 heteroatoms. The molecule has 5 heterocycles. The lowest BCUT2D eigenvalue weighted by Crippen LogP contribution is -1.97. The molecule has 244 valence electrons. The number of para-hydroxylation sites is 6. The van der Waals surface area contributed by atoms with E-state index < -0.39 is 0 Å². The zero-order valence-corrected chi connectivity index (χ0v) is 28.3. The van der Waals surface area contributed by atoms with Gasteiger partial charge in [0.1, 0.15) is 5.52 Å². The van der Waals surface area contributed by atoms with E-state index >= 15 is 0 Å². The monoisotopic (exact) mass is 673 g/mol. The number of rotatable bonds is 2. The van der Waals surface area contributed by atoms with Crippen LogP contribution >= 0.6 is 0 Å². The van der Waals surface area contributed by atoms with Crippen LogP contribution in [0.4, 0.5) is 0 Å². The van der Waals surface area contributed by atoms with Crippen molar-refractivity contribution in [3.63, 3.8) is 0 Å². The summed E-state index contributed by atoms with van der Waals surface area (Å²) in [6, 6.07) is 59.2. The van der Waals surface area contributed by atoms with E-state index in [0.29, 0.717) is 0 Å². The molecule has 0 amide bonds. The fourth-order valence-corrected chi connectivity index (χ4v) is 9.44. The number of aromatic nitrogens is 5. The van der Waals surface area contributed by atoms with Gasteiger partial charge in [-0.25, -0.2) is 9.97 Å². The van der Waals surface area contributed by atoms with Gasteiger partial charge in [0.2, 0.25) is 0 Å². The normalized spacial score (nSPS) is 12.5. The first-order valence-corrected chi connectivity index (χ1v) is 18.1. The summed E-state index contributed by atoms with van der Waals surface area (Å²) in [5.74, 6) is 0. The van der Waals surface area contributed by atoms with Gasteiger partial charge in [0.25, 0.3) is 0 Å². The average molecular weight is 674 g/mol. The van der Waals surface area contributed by atoms with Crippen LogP contribution in [0, 0.1) is 0 Å². The van der Waals surface area contributed by atoms with Crippen LogP contribution in [-0.2, 0) is 0 Å². The summed E-state index contributed by atoms with van der Waals surface area (Å²) in [5.41, 5.74) is 13.1. The smallest absolute Gasteiger partial charge is 0.165 e. The molecule has 0 aliphatic heterocycles. The Morgan fingerprint density at radius 1 is 0.340 bits per heavy atom. The van der Waals surface area contributed by atoms with Crippen molar-refractivity contribution in [2.45, 2.75) is 0 Å². The van der Waals surface area contributed by atoms with Gasteiger partial charge in [-0.05, 0) is 54.6 Å². The first kappa shape index (κ1) is 27.5. The van der Waals surface area contributed by atoms with Crippen molar-refractivity contribution >= 4 is 104 Å². The summed E-state index contributed by atoms with van der Waals surface area (Å²) < 4.78 is 7.28. The second kappa shape index (κ2) is 9.75. The molecular weight excluding hydrogens is 647 g/mol. The lowest BCUT2D eigenvalue weighted by molar-refractivity contribution is 1.18. The Balaban J connectivity index is 1.20. The van der Waals surface area contributed by atoms with E-state index in [9.17, 15) is 0 Å². The van der Waals surface area contributed by atoms with Gasteiger partial charge in [-0.1, -0.05) is 109 Å². The van der Waals surface area contributed by atoms with Crippen LogP contribution in [0.5, 0.6) is 0 Å². The maximum absolute atomic E-state index is 5.18. The molecule has 0 radical (unpaired) electrons. The predicted octanol–water partition coefficient (Wildman–Crippen LogP) is 12.1. The van der Waals surface area contributed by atoms with Crippen molar-refractivity contribution < 1.29 is 0 Å². The second-order valence-electron chi connectivity index (χ2n) is 14.2. The van der Waals surface area contributed by atoms with Crippen LogP contribution in [0.25, 0.3) is 115 Å². The largest absolute Gasteiger partial charge is 0.309 e. The Morgan fingerprint density at radius 2 is 0.868 bits per heavy atom. The maximum Gasteiger partial charge on any atom is 0.165 e. The number of benzene rings is 8. The predicted molar refractivity (Wildman–Crippen MR) is 220 cm³/mol. The summed E-state index contributed by atoms with van der Waals surface area (Å²) in [6.45, 7) is 0. The topological polar surface area (TPSA) is 40.0 Å². The van der Waals surface area contributed by atoms with E-state index in [1.54, 1.807) is 0 Å². The van der Waals surface area contributed by atoms with Crippen molar-refractivity contribution in [1.29, 1.82) is 0 Å². The highest BCUT2D eigenvalue weighted by Crippen LogP contribution is 2.47. The Kier molecular flexibility index (Phi) is 5.06. The maximum atomic E-state index is 5.18. The molecule has 0 spiro atoms. The molecule has 5 nitrogen and oxygen atoms in total. The van der Waals surface area contributed by atoms with Crippen molar-refractivity contribution in [3.05, 3.63) is 164 Å². The highest BCUT2D eigenvalue weighted by atomic mass is 15.0. The van der Waals surface area contributed by atoms with Gasteiger partial charge in [-0.15, -0.1) is 0 Å². The Hall–Kier alpha value is -7.24. The van der Waals surface area contributed by atoms with Crippen LogP contribution < -0.4 is 0 Å². The summed E-state index contributed by atoms with van der Waals surface area (Å²) >= 11 is 0. The van der Waals surface area contributed by atoms with Crippen LogP contribution in [0.1, 0.15) is 0 Å². The minimum absolute atomic E-state index is 0.901. The van der Waals surface area contributed by atoms with Crippen LogP contribution in [0.15, 0.2) is 164 Å². The summed E-state index contributed by atoms with van der Waals surface area (Å²) in [6.07, 6.45) is 0. The van der Waals surface area contributed by atoms with E-state index in [4.69, 9.17) is 9.97 Å². The molecule has 0 saturated heterocycles. The zero-order valence-electron chi connectivity index (χ0n) is 28.3. The van der Waals surface area contributed by atoms with Crippen LogP contribution in [0.2, 0.25) is 0 Å². The van der Waals surface area contributed by atoms with Crippen molar-refractivity contribution in [2.24, 2.45) is 0 Å². The fourth-order valence-electron chi connectivity index (χ4n) is 9.44. The fraction of sp³-hybridized carbons (Fsp3) is 0. The number of nitrogens with zero attached hydrogens (tertiary/aromatic N) is 5. The molecule has 8 aromatic carbocycles. The average Bonchev–Trinajstić information content (AvgIpc) is 3.95. The van der Waals surface area contributed by atoms with Gasteiger partial charge in [0.05, 0.1) is 44.1 Å². The SMILES string of the molecule is c1ccc(-n2c3ccccc3c3c4c5ccccc5n(-c5ccc6c(c5)c5cccc7c8nc9ccccc9nc8n6c57)c4c4ccccc4c32)cc1. The number of hydrogen-bond donors (Lipinski definition) is 0. The Morgan fingerprint density at radius 3 is 1.57 bits per heavy atom. The standard InChI is InChI=1S/C48H27N5/c1-2-13-28(14-3-1)51-39-23-10-6-17-33(39)42-43-34-18-7-11-24-40(34)52(47(43)31-16-5-4-15-30(31)46(42)51)29-25-26-41-36(27-29)32-19-12-20-35-44-48(53(41)45(32)35)50-38-22-9-8-21-37(38)49-44/h1-27H. The minimum atomic E-state index is 0.901. The molecule has 13 rings (SSSR count). The highest BCUT2D eigenvalue weighted by molar-refractivity contribution is 6.37. The molecule has 13 aromatic rings. The van der Waals surface area contributed by atoms with Gasteiger partial charge in [-0.3, -0.25) is 4.40 Å². The van der Waals surface area contributed by atoms with Crippen molar-refractivity contribution in [2.75, 3.05) is 0 Å². The lowest BCUT2D eigenvalue weighted by Gasteiger charge is -2.13. The van der Waals surface area contributed by atoms with Gasteiger partial charge >= 0.3 is 0 Å². The molecule has 5 aromatic heterocycles. The summed E-state index contributed by atoms with van der Waals surface area (Å²) in [5, 5.41) is 11.1. The molecule has 0 aliphatic rings. The third kappa shape index (κ3) is 3.37. The van der Waals surface area contributed by atoms with E-state index in [2.05, 4.69) is 153 Å². The molecule has 0 fully saturated rings. The van der Waals surface area contributed by atoms with Crippen LogP contribution in [-0.4, -0.2) is 23.5 Å². The molecule has 0 bridgehead atoms. The quantitative estimate of drug-likeness (QED) is 0.183. The van der Waals surface area contributed by atoms with Crippen LogP contribution in [0.3, 0.4) is 0 Å². The lowest BCUT2D eigenvalue weighted by atomic mass is 9.99. The molecule has 53 heavy (non-hydrogen) atoms. The molecule has 0 saturated carbocycles. The second-order valence-corrected chi connectivity index (χ2v) is 14.2.